The average Bonchev–Trinajstić information content (AvgIpc) is 2.70. The highest BCUT2D eigenvalue weighted by Crippen LogP contribution is 2.54. The van der Waals surface area contributed by atoms with Gasteiger partial charge >= 0.3 is 0 Å². The van der Waals surface area contributed by atoms with Crippen LogP contribution in [-0.2, 0) is 10.0 Å². The fourth-order valence-corrected chi connectivity index (χ4v) is 7.22. The molecule has 0 spiro atoms. The third-order valence-electron chi connectivity index (χ3n) is 5.16. The van der Waals surface area contributed by atoms with E-state index in [9.17, 15) is 8.42 Å². The molecule has 1 aromatic carbocycles. The zero-order valence-corrected chi connectivity index (χ0v) is 17.2. The lowest BCUT2D eigenvalue weighted by Gasteiger charge is -2.39. The van der Waals surface area contributed by atoms with Crippen molar-refractivity contribution in [2.24, 2.45) is 10.8 Å². The maximum atomic E-state index is 13.4. The second kappa shape index (κ2) is 5.99. The van der Waals surface area contributed by atoms with Crippen LogP contribution in [0.2, 0.25) is 0 Å². The minimum absolute atomic E-state index is 0.0667. The first-order chi connectivity index (χ1) is 11.1. The number of halogens is 1. The summed E-state index contributed by atoms with van der Waals surface area (Å²) in [6.45, 7) is 9.63. The first-order valence-corrected chi connectivity index (χ1v) is 10.7. The molecule has 2 atom stereocenters. The second-order valence-corrected chi connectivity index (χ2v) is 11.1. The van der Waals surface area contributed by atoms with E-state index >= 15 is 0 Å². The van der Waals surface area contributed by atoms with Crippen LogP contribution in [0.5, 0.6) is 5.75 Å². The van der Waals surface area contributed by atoms with Crippen LogP contribution in [0.3, 0.4) is 0 Å². The molecule has 3 rings (SSSR count). The number of rotatable bonds is 4. The van der Waals surface area contributed by atoms with Crippen LogP contribution < -0.4 is 4.74 Å². The fourth-order valence-electron chi connectivity index (χ4n) is 4.77. The fraction of sp³-hybridized carbons (Fsp3) is 0.667. The highest BCUT2D eigenvalue weighted by atomic mass is 79.9. The monoisotopic (exact) mass is 415 g/mol. The number of fused-ring (bicyclic) bond motifs is 2. The zero-order valence-electron chi connectivity index (χ0n) is 14.8. The van der Waals surface area contributed by atoms with Gasteiger partial charge in [-0.05, 0) is 55.2 Å². The number of hydrogen-bond acceptors (Lipinski definition) is 3. The van der Waals surface area contributed by atoms with Gasteiger partial charge < -0.3 is 4.74 Å². The molecule has 1 heterocycles. The van der Waals surface area contributed by atoms with Gasteiger partial charge in [0.2, 0.25) is 10.0 Å². The van der Waals surface area contributed by atoms with E-state index in [0.29, 0.717) is 18.9 Å². The number of nitrogens with zero attached hydrogens (tertiary/aromatic N) is 1. The van der Waals surface area contributed by atoms with Gasteiger partial charge in [-0.2, -0.15) is 4.31 Å². The Hall–Kier alpha value is -0.590. The highest BCUT2D eigenvalue weighted by Gasteiger charge is 2.53. The lowest BCUT2D eigenvalue weighted by molar-refractivity contribution is 0.133. The number of ether oxygens (including phenoxy) is 1. The van der Waals surface area contributed by atoms with Crippen LogP contribution in [-0.4, -0.2) is 31.9 Å². The second-order valence-electron chi connectivity index (χ2n) is 8.29. The molecule has 1 aromatic rings. The molecule has 0 amide bonds. The van der Waals surface area contributed by atoms with Crippen LogP contribution in [0.15, 0.2) is 27.6 Å². The molecule has 1 aliphatic heterocycles. The number of hydrogen-bond donors (Lipinski definition) is 0. The topological polar surface area (TPSA) is 46.6 Å². The molecular weight excluding hydrogens is 390 g/mol. The van der Waals surface area contributed by atoms with Crippen molar-refractivity contribution in [2.45, 2.75) is 57.9 Å². The quantitative estimate of drug-likeness (QED) is 0.729. The van der Waals surface area contributed by atoms with Gasteiger partial charge in [-0.25, -0.2) is 8.42 Å². The molecule has 2 unspecified atom stereocenters. The van der Waals surface area contributed by atoms with Gasteiger partial charge in [0.15, 0.2) is 0 Å². The van der Waals surface area contributed by atoms with Gasteiger partial charge in [0.05, 0.1) is 6.61 Å². The molecular formula is C18H26BrNO3S. The van der Waals surface area contributed by atoms with Gasteiger partial charge in [-0.1, -0.05) is 36.7 Å². The molecule has 2 aliphatic rings. The molecule has 24 heavy (non-hydrogen) atoms. The molecule has 1 saturated heterocycles. The summed E-state index contributed by atoms with van der Waals surface area (Å²) in [5.74, 6) is 0.437. The summed E-state index contributed by atoms with van der Waals surface area (Å²) in [6.07, 6.45) is 2.94. The van der Waals surface area contributed by atoms with Crippen molar-refractivity contribution in [2.75, 3.05) is 13.2 Å². The van der Waals surface area contributed by atoms with Crippen molar-refractivity contribution in [1.82, 2.24) is 4.31 Å². The van der Waals surface area contributed by atoms with Gasteiger partial charge in [-0.3, -0.25) is 0 Å². The smallest absolute Gasteiger partial charge is 0.247 e. The van der Waals surface area contributed by atoms with Crippen LogP contribution in [0.25, 0.3) is 0 Å². The Morgan fingerprint density at radius 3 is 2.67 bits per heavy atom. The van der Waals surface area contributed by atoms with E-state index < -0.39 is 10.0 Å². The molecule has 1 saturated carbocycles. The van der Waals surface area contributed by atoms with Crippen LogP contribution in [0.1, 0.15) is 47.0 Å². The third kappa shape index (κ3) is 3.25. The van der Waals surface area contributed by atoms with Gasteiger partial charge in [-0.15, -0.1) is 0 Å². The Labute approximate surface area is 153 Å². The third-order valence-corrected chi connectivity index (χ3v) is 7.57. The predicted molar refractivity (Wildman–Crippen MR) is 98.7 cm³/mol. The van der Waals surface area contributed by atoms with Crippen molar-refractivity contribution in [3.05, 3.63) is 22.7 Å². The van der Waals surface area contributed by atoms with E-state index in [4.69, 9.17) is 4.74 Å². The van der Waals surface area contributed by atoms with E-state index in [-0.39, 0.29) is 21.8 Å². The summed E-state index contributed by atoms with van der Waals surface area (Å²) in [6, 6.07) is 5.29. The lowest BCUT2D eigenvalue weighted by atomic mass is 9.65. The summed E-state index contributed by atoms with van der Waals surface area (Å²) in [4.78, 5) is 0.271. The Bertz CT molecular complexity index is 747. The van der Waals surface area contributed by atoms with Crippen molar-refractivity contribution in [3.8, 4) is 5.75 Å². The minimum Gasteiger partial charge on any atom is -0.492 e. The van der Waals surface area contributed by atoms with Crippen molar-refractivity contribution in [1.29, 1.82) is 0 Å². The summed E-state index contributed by atoms with van der Waals surface area (Å²) in [7, 11) is -3.58. The standard InChI is InChI=1S/C18H26BrNO3S/c1-5-23-15-7-6-13(19)8-16(15)24(21,22)20-12-18(4)10-14(20)9-17(2,3)11-18/h6-8,14H,5,9-12H2,1-4H3. The number of benzene rings is 1. The van der Waals surface area contributed by atoms with Gasteiger partial charge in [0.25, 0.3) is 0 Å². The molecule has 2 bridgehead atoms. The van der Waals surface area contributed by atoms with E-state index in [1.807, 2.05) is 13.0 Å². The van der Waals surface area contributed by atoms with Crippen LogP contribution in [0.4, 0.5) is 0 Å². The Kier molecular flexibility index (Phi) is 4.54. The molecule has 0 radical (unpaired) electrons. The Morgan fingerprint density at radius 2 is 2.00 bits per heavy atom. The summed E-state index contributed by atoms with van der Waals surface area (Å²) in [5, 5.41) is 0. The van der Waals surface area contributed by atoms with Gasteiger partial charge in [0.1, 0.15) is 10.6 Å². The first kappa shape index (κ1) is 18.2. The molecule has 0 N–H and O–H groups in total. The van der Waals surface area contributed by atoms with E-state index in [1.54, 1.807) is 16.4 Å². The largest absolute Gasteiger partial charge is 0.492 e. The minimum atomic E-state index is -3.58. The highest BCUT2D eigenvalue weighted by molar-refractivity contribution is 9.10. The molecule has 4 nitrogen and oxygen atoms in total. The first-order valence-electron chi connectivity index (χ1n) is 8.51. The molecule has 6 heteroatoms. The molecule has 0 aromatic heterocycles. The van der Waals surface area contributed by atoms with E-state index in [0.717, 1.165) is 23.7 Å². The summed E-state index contributed by atoms with van der Waals surface area (Å²) in [5.41, 5.74) is 0.249. The average molecular weight is 416 g/mol. The van der Waals surface area contributed by atoms with E-state index in [2.05, 4.69) is 36.7 Å². The van der Waals surface area contributed by atoms with Crippen molar-refractivity contribution >= 4 is 26.0 Å². The lowest BCUT2D eigenvalue weighted by Crippen LogP contribution is -2.37. The molecule has 2 fully saturated rings. The SMILES string of the molecule is CCOc1ccc(Br)cc1S(=O)(=O)N1CC2(C)CC1CC(C)(C)C2. The van der Waals surface area contributed by atoms with Gasteiger partial charge in [0, 0.05) is 17.1 Å². The van der Waals surface area contributed by atoms with E-state index in [1.165, 1.54) is 0 Å². The molecule has 1 aliphatic carbocycles. The van der Waals surface area contributed by atoms with Crippen molar-refractivity contribution in [3.63, 3.8) is 0 Å². The normalized spacial score (nSPS) is 29.6. The summed E-state index contributed by atoms with van der Waals surface area (Å²) < 4.78 is 34.9. The zero-order chi connectivity index (χ0) is 17.8. The Morgan fingerprint density at radius 1 is 1.29 bits per heavy atom. The Balaban J connectivity index is 2.02. The summed E-state index contributed by atoms with van der Waals surface area (Å²) >= 11 is 3.39. The predicted octanol–water partition coefficient (Wildman–Crippen LogP) is 4.44. The van der Waals surface area contributed by atoms with Crippen molar-refractivity contribution < 1.29 is 13.2 Å². The maximum absolute atomic E-state index is 13.4. The molecule has 134 valence electrons. The van der Waals surface area contributed by atoms with Crippen LogP contribution >= 0.6 is 15.9 Å². The number of sulfonamides is 1. The maximum Gasteiger partial charge on any atom is 0.247 e. The van der Waals surface area contributed by atoms with Crippen LogP contribution in [0, 0.1) is 10.8 Å².